The van der Waals surface area contributed by atoms with E-state index in [1.54, 1.807) is 12.3 Å². The Labute approximate surface area is 190 Å². The number of carbonyl (C=O) groups excluding carboxylic acids is 1. The Hall–Kier alpha value is -4.07. The van der Waals surface area contributed by atoms with Crippen LogP contribution in [0.1, 0.15) is 30.3 Å². The third kappa shape index (κ3) is 4.32. The molecule has 1 aliphatic heterocycles. The molecule has 0 atom stereocenters. The van der Waals surface area contributed by atoms with Crippen LogP contribution in [0.15, 0.2) is 59.3 Å². The summed E-state index contributed by atoms with van der Waals surface area (Å²) in [6.07, 6.45) is 3.72. The van der Waals surface area contributed by atoms with Gasteiger partial charge in [-0.25, -0.2) is 0 Å². The van der Waals surface area contributed by atoms with E-state index in [0.717, 1.165) is 23.8 Å². The van der Waals surface area contributed by atoms with Gasteiger partial charge in [0.15, 0.2) is 23.0 Å². The Morgan fingerprint density at radius 3 is 2.85 bits per heavy atom. The fraction of sp³-hybridized carbons (Fsp3) is 0.240. The van der Waals surface area contributed by atoms with Gasteiger partial charge in [-0.1, -0.05) is 18.5 Å². The van der Waals surface area contributed by atoms with Crippen LogP contribution in [-0.2, 0) is 0 Å². The predicted molar refractivity (Wildman–Crippen MR) is 123 cm³/mol. The van der Waals surface area contributed by atoms with Crippen molar-refractivity contribution in [2.24, 2.45) is 0 Å². The van der Waals surface area contributed by atoms with Gasteiger partial charge in [0.1, 0.15) is 24.5 Å². The minimum atomic E-state index is -0.382. The SMILES string of the molecule is CCCCOc1ccc(NC(=O)c2cc(-c3ccc4c(c3)OCCO4)on2)c2cccnc12. The van der Waals surface area contributed by atoms with Crippen molar-refractivity contribution in [3.63, 3.8) is 0 Å². The molecule has 0 unspecified atom stereocenters. The van der Waals surface area contributed by atoms with Crippen LogP contribution in [0, 0.1) is 0 Å². The quantitative estimate of drug-likeness (QED) is 0.396. The lowest BCUT2D eigenvalue weighted by Crippen LogP contribution is -2.15. The average Bonchev–Trinajstić information content (AvgIpc) is 3.36. The highest BCUT2D eigenvalue weighted by Gasteiger charge is 2.18. The van der Waals surface area contributed by atoms with Crippen molar-refractivity contribution in [3.05, 3.63) is 60.4 Å². The number of aromatic nitrogens is 2. The summed E-state index contributed by atoms with van der Waals surface area (Å²) in [7, 11) is 0. The van der Waals surface area contributed by atoms with Gasteiger partial charge in [0.2, 0.25) is 0 Å². The Morgan fingerprint density at radius 1 is 1.09 bits per heavy atom. The average molecular weight is 445 g/mol. The molecule has 1 aliphatic rings. The lowest BCUT2D eigenvalue weighted by atomic mass is 10.1. The van der Waals surface area contributed by atoms with Crippen LogP contribution in [0.5, 0.6) is 17.2 Å². The fourth-order valence-corrected chi connectivity index (χ4v) is 3.60. The molecule has 2 aromatic heterocycles. The number of ether oxygens (including phenoxy) is 3. The molecular formula is C25H23N3O5. The van der Waals surface area contributed by atoms with E-state index >= 15 is 0 Å². The van der Waals surface area contributed by atoms with E-state index in [1.807, 2.05) is 42.5 Å². The van der Waals surface area contributed by atoms with Crippen LogP contribution in [0.2, 0.25) is 0 Å². The second kappa shape index (κ2) is 9.20. The van der Waals surface area contributed by atoms with Gasteiger partial charge in [0.05, 0.1) is 12.3 Å². The van der Waals surface area contributed by atoms with Gasteiger partial charge in [-0.3, -0.25) is 9.78 Å². The van der Waals surface area contributed by atoms with Crippen molar-refractivity contribution in [3.8, 4) is 28.6 Å². The first-order valence-electron chi connectivity index (χ1n) is 10.9. The molecule has 3 heterocycles. The van der Waals surface area contributed by atoms with Crippen LogP contribution >= 0.6 is 0 Å². The van der Waals surface area contributed by atoms with Crippen molar-refractivity contribution >= 4 is 22.5 Å². The number of carbonyl (C=O) groups is 1. The second-order valence-corrected chi connectivity index (χ2v) is 7.60. The molecule has 8 heteroatoms. The monoisotopic (exact) mass is 445 g/mol. The molecule has 0 saturated heterocycles. The number of pyridine rings is 1. The Morgan fingerprint density at radius 2 is 1.97 bits per heavy atom. The van der Waals surface area contributed by atoms with Crippen LogP contribution in [0.3, 0.4) is 0 Å². The first kappa shape index (κ1) is 20.8. The molecule has 2 aromatic carbocycles. The summed E-state index contributed by atoms with van der Waals surface area (Å²) < 4.78 is 22.5. The van der Waals surface area contributed by atoms with Crippen molar-refractivity contribution in [1.29, 1.82) is 0 Å². The highest BCUT2D eigenvalue weighted by atomic mass is 16.6. The maximum Gasteiger partial charge on any atom is 0.277 e. The largest absolute Gasteiger partial charge is 0.491 e. The van der Waals surface area contributed by atoms with Gasteiger partial charge < -0.3 is 24.1 Å². The molecule has 33 heavy (non-hydrogen) atoms. The maximum atomic E-state index is 12.9. The molecule has 1 N–H and O–H groups in total. The molecule has 0 saturated carbocycles. The fourth-order valence-electron chi connectivity index (χ4n) is 3.60. The van der Waals surface area contributed by atoms with Crippen LogP contribution < -0.4 is 19.5 Å². The van der Waals surface area contributed by atoms with Gasteiger partial charge in [-0.2, -0.15) is 0 Å². The summed E-state index contributed by atoms with van der Waals surface area (Å²) in [4.78, 5) is 17.3. The number of nitrogens with one attached hydrogen (secondary N) is 1. The highest BCUT2D eigenvalue weighted by molar-refractivity contribution is 6.08. The third-order valence-electron chi connectivity index (χ3n) is 5.31. The van der Waals surface area contributed by atoms with Gasteiger partial charge in [0, 0.05) is 23.2 Å². The van der Waals surface area contributed by atoms with Crippen LogP contribution in [0.4, 0.5) is 5.69 Å². The molecule has 1 amide bonds. The molecular weight excluding hydrogens is 422 g/mol. The lowest BCUT2D eigenvalue weighted by molar-refractivity contribution is 0.101. The van der Waals surface area contributed by atoms with E-state index < -0.39 is 0 Å². The highest BCUT2D eigenvalue weighted by Crippen LogP contribution is 2.35. The molecule has 5 rings (SSSR count). The van der Waals surface area contributed by atoms with Crippen LogP contribution in [-0.4, -0.2) is 35.9 Å². The van der Waals surface area contributed by atoms with Crippen molar-refractivity contribution in [2.75, 3.05) is 25.1 Å². The first-order valence-corrected chi connectivity index (χ1v) is 10.9. The summed E-state index contributed by atoms with van der Waals surface area (Å²) in [5.74, 6) is 2.10. The normalized spacial score (nSPS) is 12.5. The number of unbranched alkanes of at least 4 members (excludes halogenated alkanes) is 1. The number of amides is 1. The molecule has 0 fully saturated rings. The number of anilines is 1. The van der Waals surface area contributed by atoms with Crippen molar-refractivity contribution in [2.45, 2.75) is 19.8 Å². The van der Waals surface area contributed by atoms with E-state index in [4.69, 9.17) is 18.7 Å². The Balaban J connectivity index is 1.36. The summed E-state index contributed by atoms with van der Waals surface area (Å²) in [6.45, 7) is 3.75. The predicted octanol–water partition coefficient (Wildman–Crippen LogP) is 5.09. The summed E-state index contributed by atoms with van der Waals surface area (Å²) in [5, 5.41) is 7.64. The van der Waals surface area contributed by atoms with Gasteiger partial charge in [-0.05, 0) is 48.9 Å². The molecule has 0 bridgehead atoms. The summed E-state index contributed by atoms with van der Waals surface area (Å²) >= 11 is 0. The molecule has 0 spiro atoms. The number of nitrogens with zero attached hydrogens (tertiary/aromatic N) is 2. The zero-order valence-electron chi connectivity index (χ0n) is 18.2. The number of benzene rings is 2. The standard InChI is InChI=1S/C25H23N3O5/c1-2-3-11-30-21-9-7-18(17-5-4-10-26-24(17)21)27-25(29)19-15-22(33-28-19)16-6-8-20-23(14-16)32-13-12-31-20/h4-10,14-15H,2-3,11-13H2,1H3,(H,27,29). The minimum Gasteiger partial charge on any atom is -0.491 e. The number of hydrogen-bond donors (Lipinski definition) is 1. The number of fused-ring (bicyclic) bond motifs is 2. The van der Waals surface area contributed by atoms with Gasteiger partial charge in [0.25, 0.3) is 5.91 Å². The minimum absolute atomic E-state index is 0.167. The van der Waals surface area contributed by atoms with E-state index in [1.165, 1.54) is 0 Å². The first-order chi connectivity index (χ1) is 16.2. The maximum absolute atomic E-state index is 12.9. The number of rotatable bonds is 7. The third-order valence-corrected chi connectivity index (χ3v) is 5.31. The summed E-state index contributed by atoms with van der Waals surface area (Å²) in [6, 6.07) is 14.4. The molecule has 8 nitrogen and oxygen atoms in total. The van der Waals surface area contributed by atoms with Crippen molar-refractivity contribution < 1.29 is 23.5 Å². The number of hydrogen-bond acceptors (Lipinski definition) is 7. The van der Waals surface area contributed by atoms with Gasteiger partial charge >= 0.3 is 0 Å². The molecule has 0 radical (unpaired) electrons. The zero-order valence-corrected chi connectivity index (χ0v) is 18.2. The topological polar surface area (TPSA) is 95.7 Å². The second-order valence-electron chi connectivity index (χ2n) is 7.60. The van der Waals surface area contributed by atoms with E-state index in [0.29, 0.717) is 54.0 Å². The van der Waals surface area contributed by atoms with Crippen LogP contribution in [0.25, 0.3) is 22.2 Å². The van der Waals surface area contributed by atoms with Gasteiger partial charge in [-0.15, -0.1) is 0 Å². The zero-order chi connectivity index (χ0) is 22.6. The molecule has 168 valence electrons. The van der Waals surface area contributed by atoms with E-state index in [9.17, 15) is 4.79 Å². The van der Waals surface area contributed by atoms with Crippen molar-refractivity contribution in [1.82, 2.24) is 10.1 Å². The lowest BCUT2D eigenvalue weighted by Gasteiger charge is -2.18. The summed E-state index contributed by atoms with van der Waals surface area (Å²) in [5.41, 5.74) is 2.23. The molecule has 4 aromatic rings. The Kier molecular flexibility index (Phi) is 5.80. The van der Waals surface area contributed by atoms with E-state index in [2.05, 4.69) is 22.4 Å². The Bertz CT molecular complexity index is 1300. The molecule has 0 aliphatic carbocycles. The van der Waals surface area contributed by atoms with E-state index in [-0.39, 0.29) is 11.6 Å². The smallest absolute Gasteiger partial charge is 0.277 e.